The lowest BCUT2D eigenvalue weighted by atomic mass is 10.1. The summed E-state index contributed by atoms with van der Waals surface area (Å²) in [7, 11) is 0. The zero-order valence-corrected chi connectivity index (χ0v) is 11.3. The second-order valence-electron chi connectivity index (χ2n) is 5.12. The van der Waals surface area contributed by atoms with Crippen LogP contribution in [0.1, 0.15) is 57.2 Å². The maximum absolute atomic E-state index is 9.74. The zero-order chi connectivity index (χ0) is 12.8. The Morgan fingerprint density at radius 2 is 1.83 bits per heavy atom. The van der Waals surface area contributed by atoms with Crippen molar-refractivity contribution in [2.45, 2.75) is 51.6 Å². The third kappa shape index (κ3) is 3.45. The molecule has 1 aliphatic rings. The Morgan fingerprint density at radius 1 is 1.17 bits per heavy atom. The lowest BCUT2D eigenvalue weighted by Crippen LogP contribution is -2.27. The molecule has 1 aromatic heterocycles. The lowest BCUT2D eigenvalue weighted by Gasteiger charge is -2.26. The van der Waals surface area contributed by atoms with Crippen molar-refractivity contribution < 1.29 is 5.11 Å². The molecule has 2 heterocycles. The summed E-state index contributed by atoms with van der Waals surface area (Å²) in [6.07, 6.45) is 8.83. The van der Waals surface area contributed by atoms with Crippen molar-refractivity contribution in [2.24, 2.45) is 0 Å². The second kappa shape index (κ2) is 6.74. The highest BCUT2D eigenvalue weighted by molar-refractivity contribution is 5.44. The maximum Gasteiger partial charge on any atom is 0.0957 e. The van der Waals surface area contributed by atoms with Crippen molar-refractivity contribution in [1.29, 1.82) is 0 Å². The number of rotatable bonds is 3. The Bertz CT molecular complexity index is 342. The van der Waals surface area contributed by atoms with E-state index in [2.05, 4.69) is 16.0 Å². The fourth-order valence-electron chi connectivity index (χ4n) is 2.50. The van der Waals surface area contributed by atoms with Crippen molar-refractivity contribution in [3.63, 3.8) is 0 Å². The lowest BCUT2D eigenvalue weighted by molar-refractivity contribution is 0.169. The summed E-state index contributed by atoms with van der Waals surface area (Å²) in [5.74, 6) is 0. The third-order valence-electron chi connectivity index (χ3n) is 3.72. The number of aliphatic hydroxyl groups excluding tert-OH is 1. The first-order chi connectivity index (χ1) is 8.81. The van der Waals surface area contributed by atoms with Crippen LogP contribution in [0.3, 0.4) is 0 Å². The van der Waals surface area contributed by atoms with Crippen LogP contribution in [0.4, 0.5) is 5.69 Å². The first-order valence-corrected chi connectivity index (χ1v) is 7.20. The van der Waals surface area contributed by atoms with Crippen LogP contribution in [-0.4, -0.2) is 23.2 Å². The normalized spacial score (nSPS) is 19.1. The van der Waals surface area contributed by atoms with Crippen LogP contribution >= 0.6 is 0 Å². The van der Waals surface area contributed by atoms with Gasteiger partial charge in [-0.2, -0.15) is 0 Å². The molecule has 1 aliphatic heterocycles. The van der Waals surface area contributed by atoms with Crippen LogP contribution < -0.4 is 4.90 Å². The summed E-state index contributed by atoms with van der Waals surface area (Å²) >= 11 is 0. The van der Waals surface area contributed by atoms with Crippen molar-refractivity contribution in [1.82, 2.24) is 4.98 Å². The van der Waals surface area contributed by atoms with Gasteiger partial charge in [0.1, 0.15) is 0 Å². The van der Waals surface area contributed by atoms with Crippen LogP contribution in [0, 0.1) is 0 Å². The minimum atomic E-state index is -0.425. The van der Waals surface area contributed by atoms with Gasteiger partial charge in [0.15, 0.2) is 0 Å². The van der Waals surface area contributed by atoms with Crippen LogP contribution in [0.2, 0.25) is 0 Å². The predicted octanol–water partition coefficient (Wildman–Crippen LogP) is 3.30. The highest BCUT2D eigenvalue weighted by Gasteiger charge is 2.11. The molecule has 1 aromatic rings. The Kier molecular flexibility index (Phi) is 5.00. The largest absolute Gasteiger partial charge is 0.387 e. The molecule has 3 nitrogen and oxygen atoms in total. The minimum Gasteiger partial charge on any atom is -0.387 e. The van der Waals surface area contributed by atoms with E-state index in [1.165, 1.54) is 37.8 Å². The molecule has 1 saturated heterocycles. The average molecular weight is 248 g/mol. The van der Waals surface area contributed by atoms with Gasteiger partial charge in [0, 0.05) is 13.1 Å². The van der Waals surface area contributed by atoms with Crippen molar-refractivity contribution in [2.75, 3.05) is 18.0 Å². The molecule has 0 saturated carbocycles. The van der Waals surface area contributed by atoms with E-state index in [0.29, 0.717) is 0 Å². The van der Waals surface area contributed by atoms with Crippen LogP contribution in [-0.2, 0) is 0 Å². The van der Waals surface area contributed by atoms with Gasteiger partial charge < -0.3 is 10.0 Å². The van der Waals surface area contributed by atoms with Gasteiger partial charge in [0.05, 0.1) is 23.7 Å². The summed E-state index contributed by atoms with van der Waals surface area (Å²) in [5, 5.41) is 9.74. The number of anilines is 1. The molecule has 0 bridgehead atoms. The Morgan fingerprint density at radius 3 is 2.39 bits per heavy atom. The van der Waals surface area contributed by atoms with Gasteiger partial charge >= 0.3 is 0 Å². The molecule has 18 heavy (non-hydrogen) atoms. The molecule has 0 spiro atoms. The SMILES string of the molecule is CC[C@H](O)c1ccc(N2CCCCCCC2)cn1. The molecule has 1 fully saturated rings. The van der Waals surface area contributed by atoms with Gasteiger partial charge in [0.2, 0.25) is 0 Å². The number of aliphatic hydroxyl groups is 1. The molecule has 1 atom stereocenters. The first kappa shape index (κ1) is 13.3. The van der Waals surface area contributed by atoms with E-state index in [-0.39, 0.29) is 0 Å². The summed E-state index contributed by atoms with van der Waals surface area (Å²) in [6.45, 7) is 4.24. The Balaban J connectivity index is 2.02. The topological polar surface area (TPSA) is 36.4 Å². The number of aromatic nitrogens is 1. The molecule has 100 valence electrons. The molecule has 0 unspecified atom stereocenters. The average Bonchev–Trinajstić information content (AvgIpc) is 2.38. The molecular weight excluding hydrogens is 224 g/mol. The highest BCUT2D eigenvalue weighted by atomic mass is 16.3. The molecule has 3 heteroatoms. The number of hydrogen-bond acceptors (Lipinski definition) is 3. The van der Waals surface area contributed by atoms with E-state index in [0.717, 1.165) is 25.2 Å². The van der Waals surface area contributed by atoms with Gasteiger partial charge in [-0.15, -0.1) is 0 Å². The van der Waals surface area contributed by atoms with Gasteiger partial charge in [-0.3, -0.25) is 4.98 Å². The zero-order valence-electron chi connectivity index (χ0n) is 11.3. The van der Waals surface area contributed by atoms with E-state index in [1.807, 2.05) is 19.2 Å². The third-order valence-corrected chi connectivity index (χ3v) is 3.72. The monoisotopic (exact) mass is 248 g/mol. The summed E-state index contributed by atoms with van der Waals surface area (Å²) in [6, 6.07) is 4.06. The van der Waals surface area contributed by atoms with E-state index < -0.39 is 6.10 Å². The van der Waals surface area contributed by atoms with E-state index >= 15 is 0 Å². The van der Waals surface area contributed by atoms with Gasteiger partial charge in [0.25, 0.3) is 0 Å². The summed E-state index contributed by atoms with van der Waals surface area (Å²) < 4.78 is 0. The predicted molar refractivity (Wildman–Crippen MR) is 74.8 cm³/mol. The fourth-order valence-corrected chi connectivity index (χ4v) is 2.50. The van der Waals surface area contributed by atoms with Crippen molar-refractivity contribution in [3.8, 4) is 0 Å². The molecule has 2 rings (SSSR count). The molecule has 0 radical (unpaired) electrons. The van der Waals surface area contributed by atoms with E-state index in [1.54, 1.807) is 0 Å². The van der Waals surface area contributed by atoms with Gasteiger partial charge in [-0.25, -0.2) is 0 Å². The highest BCUT2D eigenvalue weighted by Crippen LogP contribution is 2.21. The van der Waals surface area contributed by atoms with Gasteiger partial charge in [-0.05, 0) is 31.4 Å². The molecule has 1 N–H and O–H groups in total. The standard InChI is InChI=1S/C15H24N2O/c1-2-15(18)14-9-8-13(12-16-14)17-10-6-4-3-5-7-11-17/h8-9,12,15,18H,2-7,10-11H2,1H3/t15-/m0/s1. The molecule has 0 amide bonds. The van der Waals surface area contributed by atoms with E-state index in [4.69, 9.17) is 0 Å². The molecular formula is C15H24N2O. The number of nitrogens with zero attached hydrogens (tertiary/aromatic N) is 2. The van der Waals surface area contributed by atoms with Crippen LogP contribution in [0.25, 0.3) is 0 Å². The quantitative estimate of drug-likeness (QED) is 0.891. The number of pyridine rings is 1. The molecule has 0 aliphatic carbocycles. The Hall–Kier alpha value is -1.09. The maximum atomic E-state index is 9.74. The Labute approximate surface area is 110 Å². The second-order valence-corrected chi connectivity index (χ2v) is 5.12. The summed E-state index contributed by atoms with van der Waals surface area (Å²) in [5.41, 5.74) is 1.98. The van der Waals surface area contributed by atoms with Crippen molar-refractivity contribution in [3.05, 3.63) is 24.0 Å². The van der Waals surface area contributed by atoms with Crippen LogP contribution in [0.5, 0.6) is 0 Å². The smallest absolute Gasteiger partial charge is 0.0957 e. The first-order valence-electron chi connectivity index (χ1n) is 7.20. The van der Waals surface area contributed by atoms with Gasteiger partial charge in [-0.1, -0.05) is 26.2 Å². The minimum absolute atomic E-state index is 0.425. The number of hydrogen-bond donors (Lipinski definition) is 1. The van der Waals surface area contributed by atoms with Crippen LogP contribution in [0.15, 0.2) is 18.3 Å². The molecule has 0 aromatic carbocycles. The van der Waals surface area contributed by atoms with E-state index in [9.17, 15) is 5.11 Å². The van der Waals surface area contributed by atoms with Crippen molar-refractivity contribution >= 4 is 5.69 Å². The fraction of sp³-hybridized carbons (Fsp3) is 0.667. The summed E-state index contributed by atoms with van der Waals surface area (Å²) in [4.78, 5) is 6.81.